The van der Waals surface area contributed by atoms with Crippen molar-refractivity contribution in [3.63, 3.8) is 0 Å². The summed E-state index contributed by atoms with van der Waals surface area (Å²) in [5.41, 5.74) is 12.3. The first-order valence-electron chi connectivity index (χ1n) is 7.92. The molecule has 6 heteroatoms. The van der Waals surface area contributed by atoms with Crippen molar-refractivity contribution >= 4 is 17.7 Å². The molecule has 1 aromatic carbocycles. The Balaban J connectivity index is 1.91. The van der Waals surface area contributed by atoms with Crippen molar-refractivity contribution in [3.05, 3.63) is 29.8 Å². The Morgan fingerprint density at radius 2 is 1.74 bits per heavy atom. The molecule has 6 nitrogen and oxygen atoms in total. The van der Waals surface area contributed by atoms with E-state index in [1.165, 1.54) is 5.56 Å². The Bertz CT molecular complexity index is 563. The molecule has 1 saturated heterocycles. The van der Waals surface area contributed by atoms with Crippen LogP contribution in [0, 0.1) is 0 Å². The largest absolute Gasteiger partial charge is 0.444 e. The SMILES string of the molecule is CC(C)(C)OC(=O)N1CCC(c2ccc(N=C(N)N)cc2)CC1. The molecule has 2 rings (SSSR count). The fraction of sp³-hybridized carbons (Fsp3) is 0.529. The maximum Gasteiger partial charge on any atom is 0.410 e. The summed E-state index contributed by atoms with van der Waals surface area (Å²) in [6.07, 6.45) is 1.64. The van der Waals surface area contributed by atoms with Crippen LogP contribution in [0.3, 0.4) is 0 Å². The van der Waals surface area contributed by atoms with Crippen LogP contribution in [0.25, 0.3) is 0 Å². The van der Waals surface area contributed by atoms with Gasteiger partial charge in [-0.1, -0.05) is 12.1 Å². The van der Waals surface area contributed by atoms with Gasteiger partial charge in [0.1, 0.15) is 5.60 Å². The predicted octanol–water partition coefficient (Wildman–Crippen LogP) is 2.71. The average molecular weight is 318 g/mol. The second-order valence-corrected chi connectivity index (χ2v) is 6.87. The molecular weight excluding hydrogens is 292 g/mol. The molecule has 1 heterocycles. The normalized spacial score (nSPS) is 16.0. The third-order valence-electron chi connectivity index (χ3n) is 3.77. The van der Waals surface area contributed by atoms with E-state index in [2.05, 4.69) is 17.1 Å². The highest BCUT2D eigenvalue weighted by Gasteiger charge is 2.27. The molecular formula is C17H26N4O2. The highest BCUT2D eigenvalue weighted by atomic mass is 16.6. The summed E-state index contributed by atoms with van der Waals surface area (Å²) in [6.45, 7) is 7.09. The fourth-order valence-corrected chi connectivity index (χ4v) is 2.69. The van der Waals surface area contributed by atoms with E-state index in [0.29, 0.717) is 5.92 Å². The summed E-state index contributed by atoms with van der Waals surface area (Å²) in [6, 6.07) is 7.93. The number of benzene rings is 1. The minimum absolute atomic E-state index is 0.0587. The molecule has 0 radical (unpaired) electrons. The summed E-state index contributed by atoms with van der Waals surface area (Å²) in [5, 5.41) is 0. The predicted molar refractivity (Wildman–Crippen MR) is 91.7 cm³/mol. The van der Waals surface area contributed by atoms with Crippen molar-refractivity contribution in [1.29, 1.82) is 0 Å². The number of piperidine rings is 1. The minimum atomic E-state index is -0.449. The van der Waals surface area contributed by atoms with Gasteiger partial charge in [-0.05, 0) is 57.2 Å². The van der Waals surface area contributed by atoms with Crippen molar-refractivity contribution in [2.75, 3.05) is 13.1 Å². The molecule has 126 valence electrons. The van der Waals surface area contributed by atoms with E-state index in [9.17, 15) is 4.79 Å². The Hall–Kier alpha value is -2.24. The Morgan fingerprint density at radius 1 is 1.17 bits per heavy atom. The third kappa shape index (κ3) is 5.16. The van der Waals surface area contributed by atoms with Gasteiger partial charge < -0.3 is 21.1 Å². The molecule has 1 amide bonds. The van der Waals surface area contributed by atoms with Crippen molar-refractivity contribution in [3.8, 4) is 0 Å². The maximum atomic E-state index is 12.1. The van der Waals surface area contributed by atoms with Gasteiger partial charge in [-0.3, -0.25) is 0 Å². The van der Waals surface area contributed by atoms with Crippen LogP contribution in [0.5, 0.6) is 0 Å². The number of amides is 1. The Morgan fingerprint density at radius 3 is 2.22 bits per heavy atom. The highest BCUT2D eigenvalue weighted by Crippen LogP contribution is 2.29. The zero-order valence-electron chi connectivity index (χ0n) is 14.1. The second-order valence-electron chi connectivity index (χ2n) is 6.87. The molecule has 0 spiro atoms. The summed E-state index contributed by atoms with van der Waals surface area (Å²) >= 11 is 0. The number of carbonyl (C=O) groups excluding carboxylic acids is 1. The van der Waals surface area contributed by atoms with Crippen LogP contribution in [-0.4, -0.2) is 35.6 Å². The van der Waals surface area contributed by atoms with Gasteiger partial charge in [-0.15, -0.1) is 0 Å². The van der Waals surface area contributed by atoms with Gasteiger partial charge in [0, 0.05) is 13.1 Å². The summed E-state index contributed by atoms with van der Waals surface area (Å²) < 4.78 is 5.42. The standard InChI is InChI=1S/C17H26N4O2/c1-17(2,3)23-16(22)21-10-8-13(9-11-21)12-4-6-14(7-5-12)20-15(18)19/h4-7,13H,8-11H2,1-3H3,(H4,18,19,20). The number of likely N-dealkylation sites (tertiary alicyclic amines) is 1. The molecule has 0 aliphatic carbocycles. The molecule has 0 bridgehead atoms. The monoisotopic (exact) mass is 318 g/mol. The molecule has 0 saturated carbocycles. The number of carbonyl (C=O) groups is 1. The number of aliphatic imine (C=N–C) groups is 1. The molecule has 1 aromatic rings. The lowest BCUT2D eigenvalue weighted by Gasteiger charge is -2.33. The van der Waals surface area contributed by atoms with Crippen LogP contribution in [0.2, 0.25) is 0 Å². The number of hydrogen-bond acceptors (Lipinski definition) is 3. The van der Waals surface area contributed by atoms with Crippen molar-refractivity contribution in [2.45, 2.75) is 45.1 Å². The first-order chi connectivity index (χ1) is 10.7. The van der Waals surface area contributed by atoms with Crippen molar-refractivity contribution in [2.24, 2.45) is 16.5 Å². The van der Waals surface area contributed by atoms with Gasteiger partial charge in [0.2, 0.25) is 0 Å². The highest BCUT2D eigenvalue weighted by molar-refractivity contribution is 5.78. The van der Waals surface area contributed by atoms with Gasteiger partial charge in [0.15, 0.2) is 5.96 Å². The number of ether oxygens (including phenoxy) is 1. The van der Waals surface area contributed by atoms with Gasteiger partial charge >= 0.3 is 6.09 Å². The van der Waals surface area contributed by atoms with Crippen LogP contribution < -0.4 is 11.5 Å². The lowest BCUT2D eigenvalue weighted by molar-refractivity contribution is 0.0205. The van der Waals surface area contributed by atoms with Crippen molar-refractivity contribution in [1.82, 2.24) is 4.90 Å². The molecule has 0 atom stereocenters. The molecule has 0 unspecified atom stereocenters. The lowest BCUT2D eigenvalue weighted by Crippen LogP contribution is -2.41. The van der Waals surface area contributed by atoms with E-state index < -0.39 is 5.60 Å². The van der Waals surface area contributed by atoms with Crippen LogP contribution in [0.1, 0.15) is 45.1 Å². The first kappa shape index (κ1) is 17.1. The Kier molecular flexibility index (Phi) is 5.13. The lowest BCUT2D eigenvalue weighted by atomic mass is 9.89. The van der Waals surface area contributed by atoms with Crippen LogP contribution in [0.15, 0.2) is 29.3 Å². The number of nitrogens with two attached hydrogens (primary N) is 2. The molecule has 4 N–H and O–H groups in total. The van der Waals surface area contributed by atoms with E-state index in [1.54, 1.807) is 4.90 Å². The van der Waals surface area contributed by atoms with Gasteiger partial charge in [0.25, 0.3) is 0 Å². The topological polar surface area (TPSA) is 93.9 Å². The smallest absolute Gasteiger partial charge is 0.410 e. The summed E-state index contributed by atoms with van der Waals surface area (Å²) in [4.78, 5) is 17.9. The zero-order chi connectivity index (χ0) is 17.0. The molecule has 1 fully saturated rings. The van der Waals surface area contributed by atoms with Crippen LogP contribution >= 0.6 is 0 Å². The number of rotatable bonds is 2. The van der Waals surface area contributed by atoms with Gasteiger partial charge in [-0.25, -0.2) is 9.79 Å². The molecule has 23 heavy (non-hydrogen) atoms. The third-order valence-corrected chi connectivity index (χ3v) is 3.77. The average Bonchev–Trinajstić information content (AvgIpc) is 2.46. The van der Waals surface area contributed by atoms with Crippen LogP contribution in [-0.2, 0) is 4.74 Å². The number of nitrogens with zero attached hydrogens (tertiary/aromatic N) is 2. The first-order valence-corrected chi connectivity index (χ1v) is 7.92. The summed E-state index contributed by atoms with van der Waals surface area (Å²) in [7, 11) is 0. The van der Waals surface area contributed by atoms with E-state index in [4.69, 9.17) is 16.2 Å². The second kappa shape index (κ2) is 6.89. The number of guanidine groups is 1. The molecule has 0 aromatic heterocycles. The van der Waals surface area contributed by atoms with Crippen LogP contribution in [0.4, 0.5) is 10.5 Å². The van der Waals surface area contributed by atoms with Gasteiger partial charge in [0.05, 0.1) is 5.69 Å². The molecule has 1 aliphatic heterocycles. The number of hydrogen-bond donors (Lipinski definition) is 2. The quantitative estimate of drug-likeness (QED) is 0.647. The van der Waals surface area contributed by atoms with E-state index in [-0.39, 0.29) is 12.1 Å². The van der Waals surface area contributed by atoms with E-state index >= 15 is 0 Å². The summed E-state index contributed by atoms with van der Waals surface area (Å²) in [5.74, 6) is 0.505. The van der Waals surface area contributed by atoms with Crippen molar-refractivity contribution < 1.29 is 9.53 Å². The molecule has 1 aliphatic rings. The maximum absolute atomic E-state index is 12.1. The van der Waals surface area contributed by atoms with E-state index in [0.717, 1.165) is 31.6 Å². The zero-order valence-corrected chi connectivity index (χ0v) is 14.1. The minimum Gasteiger partial charge on any atom is -0.444 e. The fourth-order valence-electron chi connectivity index (χ4n) is 2.69. The van der Waals surface area contributed by atoms with Gasteiger partial charge in [-0.2, -0.15) is 0 Å². The van der Waals surface area contributed by atoms with E-state index in [1.807, 2.05) is 32.9 Å². The Labute approximate surface area is 137 Å².